The molecule has 5 amide bonds. The monoisotopic (exact) mass is 577 g/mol. The van der Waals surface area contributed by atoms with Crippen LogP contribution < -0.4 is 20.7 Å². The summed E-state index contributed by atoms with van der Waals surface area (Å²) >= 11 is 0. The number of nitrogens with one attached hydrogen (secondary N) is 3. The Balaban J connectivity index is 1.55. The second-order valence-corrected chi connectivity index (χ2v) is 10.5. The summed E-state index contributed by atoms with van der Waals surface area (Å²) in [4.78, 5) is 42.0. The van der Waals surface area contributed by atoms with Gasteiger partial charge in [-0.3, -0.25) is 4.79 Å². The number of carbonyl (C=O) groups excluding carboxylic acids is 3. The molecule has 4 N–H and O–H groups in total. The lowest BCUT2D eigenvalue weighted by Gasteiger charge is -2.34. The molecule has 1 heterocycles. The van der Waals surface area contributed by atoms with Crippen molar-refractivity contribution in [3.63, 3.8) is 0 Å². The first-order valence-corrected chi connectivity index (χ1v) is 13.7. The van der Waals surface area contributed by atoms with Crippen molar-refractivity contribution < 1.29 is 28.6 Å². The Morgan fingerprint density at radius 1 is 1.02 bits per heavy atom. The van der Waals surface area contributed by atoms with E-state index in [0.717, 1.165) is 0 Å². The lowest BCUT2D eigenvalue weighted by molar-refractivity contribution is -0.134. The van der Waals surface area contributed by atoms with E-state index in [1.54, 1.807) is 49.2 Å². The van der Waals surface area contributed by atoms with Gasteiger partial charge in [-0.1, -0.05) is 25.1 Å². The van der Waals surface area contributed by atoms with Crippen LogP contribution >= 0.6 is 0 Å². The fourth-order valence-electron chi connectivity index (χ4n) is 4.65. The number of aliphatic hydroxyl groups is 1. The maximum Gasteiger partial charge on any atom is 0.323 e. The van der Waals surface area contributed by atoms with Crippen molar-refractivity contribution in [2.45, 2.75) is 32.4 Å². The summed E-state index contributed by atoms with van der Waals surface area (Å²) < 4.78 is 19.7. The van der Waals surface area contributed by atoms with Gasteiger partial charge in [-0.15, -0.1) is 0 Å². The van der Waals surface area contributed by atoms with Gasteiger partial charge in [0.1, 0.15) is 17.7 Å². The molecule has 1 aliphatic heterocycles. The third kappa shape index (κ3) is 7.97. The molecule has 3 aromatic carbocycles. The largest absolute Gasteiger partial charge is 0.488 e. The van der Waals surface area contributed by atoms with Crippen molar-refractivity contribution >= 4 is 35.0 Å². The first-order valence-electron chi connectivity index (χ1n) is 13.7. The molecule has 0 saturated carbocycles. The highest BCUT2D eigenvalue weighted by Crippen LogP contribution is 2.29. The maximum absolute atomic E-state index is 13.4. The van der Waals surface area contributed by atoms with Gasteiger partial charge in [0.05, 0.1) is 25.6 Å². The van der Waals surface area contributed by atoms with Gasteiger partial charge in [0, 0.05) is 42.1 Å². The minimum atomic E-state index is -0.521. The molecule has 0 aromatic heterocycles. The predicted octanol–water partition coefficient (Wildman–Crippen LogP) is 4.78. The SMILES string of the molecule is C[C@@H]1CN([C@H](C)CO)C(=O)Cc2cc(NC(=O)Nc3ccccc3)ccc2O[C@H]1CN(C)C(=O)Nc1ccc(F)cc1. The Kier molecular flexibility index (Phi) is 9.98. The molecule has 42 heavy (non-hydrogen) atoms. The molecule has 3 atom stereocenters. The molecule has 0 unspecified atom stereocenters. The van der Waals surface area contributed by atoms with Crippen LogP contribution in [0.4, 0.5) is 31.0 Å². The number of benzene rings is 3. The van der Waals surface area contributed by atoms with E-state index in [1.165, 1.54) is 29.2 Å². The number of hydrogen-bond acceptors (Lipinski definition) is 5. The van der Waals surface area contributed by atoms with Crippen LogP contribution in [0.5, 0.6) is 5.75 Å². The summed E-state index contributed by atoms with van der Waals surface area (Å²) in [5.41, 5.74) is 2.12. The van der Waals surface area contributed by atoms with Crippen LogP contribution in [0.25, 0.3) is 0 Å². The average Bonchev–Trinajstić information content (AvgIpc) is 3.01. The minimum absolute atomic E-state index is 0.00414. The number of nitrogens with zero attached hydrogens (tertiary/aromatic N) is 2. The Morgan fingerprint density at radius 2 is 1.67 bits per heavy atom. The van der Waals surface area contributed by atoms with Crippen LogP contribution in [0.1, 0.15) is 19.4 Å². The number of fused-ring (bicyclic) bond motifs is 1. The predicted molar refractivity (Wildman–Crippen MR) is 159 cm³/mol. The number of rotatable bonds is 7. The Morgan fingerprint density at radius 3 is 2.36 bits per heavy atom. The fraction of sp³-hybridized carbons (Fsp3) is 0.323. The maximum atomic E-state index is 13.4. The highest BCUT2D eigenvalue weighted by Gasteiger charge is 2.32. The zero-order valence-corrected chi connectivity index (χ0v) is 23.8. The van der Waals surface area contributed by atoms with Gasteiger partial charge >= 0.3 is 12.1 Å². The van der Waals surface area contributed by atoms with Crippen molar-refractivity contribution in [2.24, 2.45) is 5.92 Å². The van der Waals surface area contributed by atoms with E-state index in [4.69, 9.17) is 4.74 Å². The zero-order valence-electron chi connectivity index (χ0n) is 23.8. The number of carbonyl (C=O) groups is 3. The number of halogens is 1. The van der Waals surface area contributed by atoms with Crippen molar-refractivity contribution in [2.75, 3.05) is 42.7 Å². The number of para-hydroxylation sites is 1. The number of amides is 5. The Hall–Kier alpha value is -4.64. The van der Waals surface area contributed by atoms with Gasteiger partial charge < -0.3 is 35.6 Å². The van der Waals surface area contributed by atoms with Gasteiger partial charge in [0.15, 0.2) is 0 Å². The second kappa shape index (κ2) is 13.8. The van der Waals surface area contributed by atoms with E-state index in [1.807, 2.05) is 25.1 Å². The van der Waals surface area contributed by atoms with Gasteiger partial charge in [0.2, 0.25) is 5.91 Å². The normalized spacial score (nSPS) is 17.5. The molecule has 0 radical (unpaired) electrons. The minimum Gasteiger partial charge on any atom is -0.488 e. The molecular formula is C31H36FN5O5. The molecule has 0 aliphatic carbocycles. The fourth-order valence-corrected chi connectivity index (χ4v) is 4.65. The standard InChI is InChI=1S/C31H36FN5O5/c1-20-17-37(21(2)19-38)29(39)16-22-15-26(34-30(40)33-24-7-5-4-6-8-24)13-14-27(22)42-28(20)18-36(3)31(41)35-25-11-9-23(32)10-12-25/h4-15,20-21,28,38H,16-19H2,1-3H3,(H,35,41)(H2,33,34,40)/t20-,21-,28+/m1/s1. The van der Waals surface area contributed by atoms with Crippen LogP contribution in [0, 0.1) is 11.7 Å². The summed E-state index contributed by atoms with van der Waals surface area (Å²) in [6.45, 7) is 3.97. The van der Waals surface area contributed by atoms with Crippen LogP contribution in [0.3, 0.4) is 0 Å². The second-order valence-electron chi connectivity index (χ2n) is 10.5. The Labute approximate surface area is 244 Å². The summed E-state index contributed by atoms with van der Waals surface area (Å²) in [5.74, 6) is -0.356. The van der Waals surface area contributed by atoms with Gasteiger partial charge in [-0.2, -0.15) is 0 Å². The number of likely N-dealkylation sites (N-methyl/N-ethyl adjacent to an activating group) is 1. The van der Waals surface area contributed by atoms with Gasteiger partial charge in [0.25, 0.3) is 0 Å². The molecule has 0 saturated heterocycles. The quantitative estimate of drug-likeness (QED) is 0.322. The summed E-state index contributed by atoms with van der Waals surface area (Å²) in [7, 11) is 1.63. The lowest BCUT2D eigenvalue weighted by atomic mass is 10.0. The molecule has 0 fully saturated rings. The Bertz CT molecular complexity index is 1390. The van der Waals surface area contributed by atoms with E-state index in [9.17, 15) is 23.9 Å². The molecule has 10 nitrogen and oxygen atoms in total. The topological polar surface area (TPSA) is 123 Å². The van der Waals surface area contributed by atoms with E-state index in [0.29, 0.717) is 34.9 Å². The van der Waals surface area contributed by atoms with E-state index >= 15 is 0 Å². The summed E-state index contributed by atoms with van der Waals surface area (Å²) in [6.07, 6.45) is -0.525. The number of aliphatic hydroxyl groups excluding tert-OH is 1. The molecule has 0 bridgehead atoms. The first kappa shape index (κ1) is 30.3. The first-order chi connectivity index (χ1) is 20.1. The van der Waals surface area contributed by atoms with E-state index in [2.05, 4.69) is 16.0 Å². The number of urea groups is 2. The van der Waals surface area contributed by atoms with E-state index < -0.39 is 30.0 Å². The van der Waals surface area contributed by atoms with E-state index in [-0.39, 0.29) is 31.4 Å². The molecule has 3 aromatic rings. The van der Waals surface area contributed by atoms with Gasteiger partial charge in [-0.25, -0.2) is 14.0 Å². The molecular weight excluding hydrogens is 541 g/mol. The highest BCUT2D eigenvalue weighted by molar-refractivity contribution is 6.00. The molecule has 222 valence electrons. The third-order valence-electron chi connectivity index (χ3n) is 7.10. The molecule has 11 heteroatoms. The lowest BCUT2D eigenvalue weighted by Crippen LogP contribution is -2.48. The highest BCUT2D eigenvalue weighted by atomic mass is 19.1. The number of anilines is 3. The number of hydrogen-bond donors (Lipinski definition) is 4. The molecule has 1 aliphatic rings. The summed E-state index contributed by atoms with van der Waals surface area (Å²) in [6, 6.07) is 18.3. The van der Waals surface area contributed by atoms with Crippen molar-refractivity contribution in [1.82, 2.24) is 9.80 Å². The van der Waals surface area contributed by atoms with Gasteiger partial charge in [-0.05, 0) is 61.5 Å². The van der Waals surface area contributed by atoms with Crippen molar-refractivity contribution in [3.05, 3.63) is 84.2 Å². The van der Waals surface area contributed by atoms with Crippen LogP contribution in [-0.2, 0) is 11.2 Å². The van der Waals surface area contributed by atoms with Crippen LogP contribution in [-0.4, -0.2) is 71.8 Å². The number of ether oxygens (including phenoxy) is 1. The van der Waals surface area contributed by atoms with Crippen molar-refractivity contribution in [1.29, 1.82) is 0 Å². The molecule has 0 spiro atoms. The van der Waals surface area contributed by atoms with Crippen LogP contribution in [0.2, 0.25) is 0 Å². The third-order valence-corrected chi connectivity index (χ3v) is 7.10. The van der Waals surface area contributed by atoms with Crippen molar-refractivity contribution in [3.8, 4) is 5.75 Å². The smallest absolute Gasteiger partial charge is 0.323 e. The molecule has 4 rings (SSSR count). The zero-order chi connectivity index (χ0) is 30.2. The average molecular weight is 578 g/mol. The summed E-state index contributed by atoms with van der Waals surface area (Å²) in [5, 5.41) is 18.2. The van der Waals surface area contributed by atoms with Crippen LogP contribution in [0.15, 0.2) is 72.8 Å².